The molecule has 2 atom stereocenters. The standard InChI is InChI=1S/C23H32N6O/c1-3-16-5-4-6-19(16)28-21-18-7-8-23(20(18)26-15(2)27-21)9-11-29(12-10-23)22(30)17-13-24-25-14-17/h13-14,16,19H,3-12H2,1-2H3,(H,24,25)(H,26,27,28)/t16-,19-/m1/s1. The number of hydrogen-bond donors (Lipinski definition) is 2. The van der Waals surface area contributed by atoms with Crippen molar-refractivity contribution < 1.29 is 4.79 Å². The Bertz CT molecular complexity index is 916. The molecule has 0 bridgehead atoms. The Morgan fingerprint density at radius 1 is 1.27 bits per heavy atom. The van der Waals surface area contributed by atoms with Gasteiger partial charge < -0.3 is 10.2 Å². The van der Waals surface area contributed by atoms with Crippen molar-refractivity contribution in [2.45, 2.75) is 76.7 Å². The Labute approximate surface area is 178 Å². The molecule has 1 saturated heterocycles. The van der Waals surface area contributed by atoms with Gasteiger partial charge in [-0.15, -0.1) is 0 Å². The Kier molecular flexibility index (Phi) is 4.99. The molecule has 0 aromatic carbocycles. The van der Waals surface area contributed by atoms with E-state index in [0.717, 1.165) is 56.3 Å². The molecule has 7 heteroatoms. The fourth-order valence-electron chi connectivity index (χ4n) is 5.94. The van der Waals surface area contributed by atoms with Crippen LogP contribution in [0.4, 0.5) is 5.82 Å². The molecule has 2 aromatic heterocycles. The van der Waals surface area contributed by atoms with Crippen LogP contribution in [0.25, 0.3) is 0 Å². The number of aromatic nitrogens is 4. The van der Waals surface area contributed by atoms with Crippen molar-refractivity contribution in [3.8, 4) is 0 Å². The van der Waals surface area contributed by atoms with Gasteiger partial charge in [0, 0.05) is 36.3 Å². The maximum atomic E-state index is 12.7. The second kappa shape index (κ2) is 7.67. The van der Waals surface area contributed by atoms with Crippen LogP contribution in [0.15, 0.2) is 12.4 Å². The SMILES string of the molecule is CC[C@@H]1CCC[C@H]1Nc1nc(C)nc2c1CCC21CCN(C(=O)c2cn[nH]c2)CC1. The molecule has 2 N–H and O–H groups in total. The van der Waals surface area contributed by atoms with Gasteiger partial charge in [-0.25, -0.2) is 9.97 Å². The van der Waals surface area contributed by atoms with E-state index in [1.54, 1.807) is 12.4 Å². The van der Waals surface area contributed by atoms with Crippen LogP contribution in [-0.4, -0.2) is 50.1 Å². The number of aromatic amines is 1. The highest BCUT2D eigenvalue weighted by atomic mass is 16.2. The summed E-state index contributed by atoms with van der Waals surface area (Å²) >= 11 is 0. The first-order valence-corrected chi connectivity index (χ1v) is 11.5. The van der Waals surface area contributed by atoms with Gasteiger partial charge in [-0.3, -0.25) is 9.89 Å². The largest absolute Gasteiger partial charge is 0.367 e. The fraction of sp³-hybridized carbons (Fsp3) is 0.652. The predicted molar refractivity (Wildman–Crippen MR) is 116 cm³/mol. The number of nitrogens with zero attached hydrogens (tertiary/aromatic N) is 4. The normalized spacial score (nSPS) is 24.9. The first-order valence-electron chi connectivity index (χ1n) is 11.5. The van der Waals surface area contributed by atoms with Gasteiger partial charge in [-0.2, -0.15) is 5.10 Å². The van der Waals surface area contributed by atoms with Crippen LogP contribution in [0.3, 0.4) is 0 Å². The number of likely N-dealkylation sites (tertiary alicyclic amines) is 1. The number of H-pyrrole nitrogens is 1. The zero-order chi connectivity index (χ0) is 20.7. The maximum absolute atomic E-state index is 12.7. The number of aryl methyl sites for hydroxylation is 1. The highest BCUT2D eigenvalue weighted by Crippen LogP contribution is 2.47. The van der Waals surface area contributed by atoms with Crippen LogP contribution in [0.5, 0.6) is 0 Å². The lowest BCUT2D eigenvalue weighted by atomic mass is 9.76. The molecule has 2 aromatic rings. The zero-order valence-corrected chi connectivity index (χ0v) is 18.1. The van der Waals surface area contributed by atoms with E-state index < -0.39 is 0 Å². The molecule has 0 radical (unpaired) electrons. The Morgan fingerprint density at radius 2 is 2.10 bits per heavy atom. The van der Waals surface area contributed by atoms with Crippen LogP contribution >= 0.6 is 0 Å². The topological polar surface area (TPSA) is 86.8 Å². The van der Waals surface area contributed by atoms with Crippen molar-refractivity contribution in [1.29, 1.82) is 0 Å². The number of piperidine rings is 1. The van der Waals surface area contributed by atoms with E-state index in [1.165, 1.54) is 36.9 Å². The first-order chi connectivity index (χ1) is 14.6. The van der Waals surface area contributed by atoms with Crippen LogP contribution in [-0.2, 0) is 11.8 Å². The van der Waals surface area contributed by atoms with Crippen molar-refractivity contribution in [2.24, 2.45) is 5.92 Å². The molecular formula is C23H32N6O. The number of rotatable bonds is 4. The van der Waals surface area contributed by atoms with Gasteiger partial charge in [-0.1, -0.05) is 19.8 Å². The first kappa shape index (κ1) is 19.5. The van der Waals surface area contributed by atoms with E-state index in [4.69, 9.17) is 9.97 Å². The van der Waals surface area contributed by atoms with Crippen molar-refractivity contribution in [3.63, 3.8) is 0 Å². The summed E-state index contributed by atoms with van der Waals surface area (Å²) in [4.78, 5) is 24.5. The second-order valence-corrected chi connectivity index (χ2v) is 9.36. The molecule has 3 heterocycles. The Morgan fingerprint density at radius 3 is 2.83 bits per heavy atom. The van der Waals surface area contributed by atoms with Crippen LogP contribution in [0.2, 0.25) is 0 Å². The van der Waals surface area contributed by atoms with E-state index in [0.29, 0.717) is 11.6 Å². The minimum atomic E-state index is 0.0740. The number of carbonyl (C=O) groups is 1. The maximum Gasteiger partial charge on any atom is 0.257 e. The zero-order valence-electron chi connectivity index (χ0n) is 18.1. The van der Waals surface area contributed by atoms with Crippen molar-refractivity contribution >= 4 is 11.7 Å². The van der Waals surface area contributed by atoms with E-state index in [1.807, 2.05) is 11.8 Å². The number of carbonyl (C=O) groups excluding carboxylic acids is 1. The van der Waals surface area contributed by atoms with Crippen molar-refractivity contribution in [1.82, 2.24) is 25.1 Å². The minimum absolute atomic E-state index is 0.0740. The lowest BCUT2D eigenvalue weighted by Crippen LogP contribution is -2.44. The fourth-order valence-corrected chi connectivity index (χ4v) is 5.94. The molecule has 7 nitrogen and oxygen atoms in total. The third-order valence-corrected chi connectivity index (χ3v) is 7.73. The van der Waals surface area contributed by atoms with Crippen molar-refractivity contribution in [2.75, 3.05) is 18.4 Å². The summed E-state index contributed by atoms with van der Waals surface area (Å²) < 4.78 is 0. The van der Waals surface area contributed by atoms with Crippen LogP contribution < -0.4 is 5.32 Å². The third-order valence-electron chi connectivity index (χ3n) is 7.73. The summed E-state index contributed by atoms with van der Waals surface area (Å²) in [6.45, 7) is 5.86. The molecule has 3 aliphatic rings. The van der Waals surface area contributed by atoms with Crippen LogP contribution in [0.1, 0.15) is 79.3 Å². The number of nitrogens with one attached hydrogen (secondary N) is 2. The highest BCUT2D eigenvalue weighted by molar-refractivity contribution is 5.93. The lowest BCUT2D eigenvalue weighted by molar-refractivity contribution is 0.0663. The average Bonchev–Trinajstić information content (AvgIpc) is 3.50. The van der Waals surface area contributed by atoms with Gasteiger partial charge in [0.15, 0.2) is 0 Å². The van der Waals surface area contributed by atoms with E-state index in [9.17, 15) is 4.79 Å². The molecule has 1 amide bonds. The minimum Gasteiger partial charge on any atom is -0.367 e. The molecule has 0 unspecified atom stereocenters. The van der Waals surface area contributed by atoms with Gasteiger partial charge in [0.25, 0.3) is 5.91 Å². The predicted octanol–water partition coefficient (Wildman–Crippen LogP) is 3.62. The van der Waals surface area contributed by atoms with Gasteiger partial charge in [-0.05, 0) is 51.4 Å². The van der Waals surface area contributed by atoms with Gasteiger partial charge >= 0.3 is 0 Å². The van der Waals surface area contributed by atoms with Gasteiger partial charge in [0.2, 0.25) is 0 Å². The van der Waals surface area contributed by atoms with E-state index >= 15 is 0 Å². The molecule has 1 aliphatic heterocycles. The summed E-state index contributed by atoms with van der Waals surface area (Å²) in [6, 6.07) is 0.541. The Hall–Kier alpha value is -2.44. The summed E-state index contributed by atoms with van der Waals surface area (Å²) in [5.41, 5.74) is 3.31. The average molecular weight is 409 g/mol. The molecule has 2 fully saturated rings. The third kappa shape index (κ3) is 3.28. The molecule has 2 aliphatic carbocycles. The van der Waals surface area contributed by atoms with Crippen LogP contribution in [0, 0.1) is 12.8 Å². The summed E-state index contributed by atoms with van der Waals surface area (Å²) in [6.07, 6.45) is 12.5. The van der Waals surface area contributed by atoms with Crippen molar-refractivity contribution in [3.05, 3.63) is 35.0 Å². The molecule has 1 spiro atoms. The smallest absolute Gasteiger partial charge is 0.257 e. The number of anilines is 1. The second-order valence-electron chi connectivity index (χ2n) is 9.36. The molecular weight excluding hydrogens is 376 g/mol. The molecule has 160 valence electrons. The summed E-state index contributed by atoms with van der Waals surface area (Å²) in [5, 5.41) is 10.5. The Balaban J connectivity index is 1.36. The monoisotopic (exact) mass is 408 g/mol. The van der Waals surface area contributed by atoms with E-state index in [-0.39, 0.29) is 11.3 Å². The quantitative estimate of drug-likeness (QED) is 0.807. The van der Waals surface area contributed by atoms with Gasteiger partial charge in [0.1, 0.15) is 11.6 Å². The highest BCUT2D eigenvalue weighted by Gasteiger charge is 2.45. The molecule has 30 heavy (non-hydrogen) atoms. The lowest BCUT2D eigenvalue weighted by Gasteiger charge is -2.39. The van der Waals surface area contributed by atoms with Gasteiger partial charge in [0.05, 0.1) is 17.5 Å². The summed E-state index contributed by atoms with van der Waals surface area (Å²) in [5.74, 6) is 2.77. The number of hydrogen-bond acceptors (Lipinski definition) is 5. The van der Waals surface area contributed by atoms with E-state index in [2.05, 4.69) is 22.4 Å². The number of amides is 1. The molecule has 1 saturated carbocycles. The number of fused-ring (bicyclic) bond motifs is 2. The molecule has 5 rings (SSSR count). The summed E-state index contributed by atoms with van der Waals surface area (Å²) in [7, 11) is 0.